The van der Waals surface area contributed by atoms with Crippen molar-refractivity contribution in [2.75, 3.05) is 6.61 Å². The largest absolute Gasteiger partial charge is 0.487 e. The molecule has 0 saturated carbocycles. The van der Waals surface area contributed by atoms with E-state index >= 15 is 0 Å². The molecule has 0 saturated heterocycles. The highest BCUT2D eigenvalue weighted by atomic mass is 16.5. The van der Waals surface area contributed by atoms with Crippen molar-refractivity contribution in [1.82, 2.24) is 0 Å². The summed E-state index contributed by atoms with van der Waals surface area (Å²) in [6, 6.07) is 4.42. The second-order valence-electron chi connectivity index (χ2n) is 4.53. The quantitative estimate of drug-likeness (QED) is 0.756. The van der Waals surface area contributed by atoms with Crippen molar-refractivity contribution in [2.24, 2.45) is 0 Å². The van der Waals surface area contributed by atoms with Crippen LogP contribution in [0.25, 0.3) is 0 Å². The number of hydrogen-bond donors (Lipinski definition) is 1. The first-order valence-corrected chi connectivity index (χ1v) is 5.79. The molecule has 0 radical (unpaired) electrons. The lowest BCUT2D eigenvalue weighted by Gasteiger charge is -2.18. The molecule has 2 aliphatic rings. The first kappa shape index (κ1) is 9.22. The lowest BCUT2D eigenvalue weighted by Crippen LogP contribution is -2.17. The minimum Gasteiger partial charge on any atom is -0.487 e. The predicted octanol–water partition coefficient (Wildman–Crippen LogP) is 1.86. The van der Waals surface area contributed by atoms with Gasteiger partial charge in [-0.2, -0.15) is 0 Å². The lowest BCUT2D eigenvalue weighted by molar-refractivity contribution is 0.133. The molecule has 1 aliphatic heterocycles. The number of ether oxygens (including phenoxy) is 1. The fraction of sp³-hybridized carbons (Fsp3) is 0.538. The van der Waals surface area contributed by atoms with E-state index in [-0.39, 0.29) is 12.7 Å². The van der Waals surface area contributed by atoms with E-state index in [2.05, 4.69) is 12.1 Å². The van der Waals surface area contributed by atoms with Crippen LogP contribution < -0.4 is 4.74 Å². The summed E-state index contributed by atoms with van der Waals surface area (Å²) in [5.74, 6) is 1.09. The number of hydrogen-bond acceptors (Lipinski definition) is 2. The molecule has 0 unspecified atom stereocenters. The Hall–Kier alpha value is -1.02. The van der Waals surface area contributed by atoms with Gasteiger partial charge < -0.3 is 9.84 Å². The van der Waals surface area contributed by atoms with E-state index < -0.39 is 0 Å². The van der Waals surface area contributed by atoms with E-state index in [0.29, 0.717) is 0 Å². The maximum absolute atomic E-state index is 9.12. The first-order chi connectivity index (χ1) is 7.38. The van der Waals surface area contributed by atoms with Gasteiger partial charge in [-0.1, -0.05) is 12.1 Å². The molecular weight excluding hydrogens is 188 g/mol. The van der Waals surface area contributed by atoms with E-state index in [1.807, 2.05) is 0 Å². The molecule has 15 heavy (non-hydrogen) atoms. The van der Waals surface area contributed by atoms with E-state index in [1.165, 1.54) is 36.0 Å². The molecule has 2 heteroatoms. The zero-order valence-corrected chi connectivity index (χ0v) is 8.83. The number of rotatable bonds is 1. The number of aliphatic hydroxyl groups excluding tert-OH is 1. The van der Waals surface area contributed by atoms with Crippen LogP contribution in [0.4, 0.5) is 0 Å². The Kier molecular flexibility index (Phi) is 2.17. The van der Waals surface area contributed by atoms with Crippen LogP contribution in [0, 0.1) is 0 Å². The molecule has 0 aromatic heterocycles. The summed E-state index contributed by atoms with van der Waals surface area (Å²) in [5, 5.41) is 9.12. The highest BCUT2D eigenvalue weighted by Crippen LogP contribution is 2.37. The summed E-state index contributed by atoms with van der Waals surface area (Å²) in [5.41, 5.74) is 4.16. The maximum atomic E-state index is 9.12. The number of aryl methyl sites for hydroxylation is 1. The molecular formula is C13H16O2. The number of benzene rings is 1. The summed E-state index contributed by atoms with van der Waals surface area (Å²) >= 11 is 0. The molecule has 0 fully saturated rings. The van der Waals surface area contributed by atoms with Gasteiger partial charge in [0, 0.05) is 6.42 Å². The van der Waals surface area contributed by atoms with Gasteiger partial charge in [-0.3, -0.25) is 0 Å². The highest BCUT2D eigenvalue weighted by Gasteiger charge is 2.26. The van der Waals surface area contributed by atoms with Gasteiger partial charge in [0.25, 0.3) is 0 Å². The number of fused-ring (bicyclic) bond motifs is 3. The second-order valence-corrected chi connectivity index (χ2v) is 4.53. The Labute approximate surface area is 89.9 Å². The van der Waals surface area contributed by atoms with Crippen molar-refractivity contribution < 1.29 is 9.84 Å². The van der Waals surface area contributed by atoms with Crippen molar-refractivity contribution in [1.29, 1.82) is 0 Å². The van der Waals surface area contributed by atoms with Crippen LogP contribution >= 0.6 is 0 Å². The van der Waals surface area contributed by atoms with Crippen LogP contribution in [0.15, 0.2) is 12.1 Å². The van der Waals surface area contributed by atoms with Crippen LogP contribution in [0.2, 0.25) is 0 Å². The summed E-state index contributed by atoms with van der Waals surface area (Å²) in [7, 11) is 0. The van der Waals surface area contributed by atoms with Gasteiger partial charge in [-0.25, -0.2) is 0 Å². The molecule has 1 aromatic carbocycles. The smallest absolute Gasteiger partial charge is 0.126 e. The Morgan fingerprint density at radius 1 is 1.20 bits per heavy atom. The normalized spacial score (nSPS) is 23.1. The van der Waals surface area contributed by atoms with Gasteiger partial charge in [0.2, 0.25) is 0 Å². The number of aliphatic hydroxyl groups is 1. The molecule has 1 N–H and O–H groups in total. The molecule has 0 bridgehead atoms. The van der Waals surface area contributed by atoms with Crippen LogP contribution in [0.3, 0.4) is 0 Å². The second kappa shape index (κ2) is 3.53. The summed E-state index contributed by atoms with van der Waals surface area (Å²) in [6.07, 6.45) is 5.78. The molecule has 3 rings (SSSR count). The molecule has 0 spiro atoms. The van der Waals surface area contributed by atoms with Gasteiger partial charge in [-0.05, 0) is 42.4 Å². The molecule has 80 valence electrons. The van der Waals surface area contributed by atoms with E-state index in [1.54, 1.807) is 0 Å². The maximum Gasteiger partial charge on any atom is 0.126 e. The van der Waals surface area contributed by atoms with Crippen LogP contribution in [-0.4, -0.2) is 17.8 Å². The van der Waals surface area contributed by atoms with Crippen molar-refractivity contribution in [3.05, 3.63) is 28.8 Å². The molecule has 1 aliphatic carbocycles. The Morgan fingerprint density at radius 2 is 2.00 bits per heavy atom. The van der Waals surface area contributed by atoms with Crippen molar-refractivity contribution in [2.45, 2.75) is 38.2 Å². The zero-order valence-electron chi connectivity index (χ0n) is 8.83. The fourth-order valence-corrected chi connectivity index (χ4v) is 2.71. The third-order valence-electron chi connectivity index (χ3n) is 3.50. The van der Waals surface area contributed by atoms with Crippen molar-refractivity contribution in [3.8, 4) is 5.75 Å². The summed E-state index contributed by atoms with van der Waals surface area (Å²) < 4.78 is 5.80. The van der Waals surface area contributed by atoms with Gasteiger partial charge in [0.05, 0.1) is 6.61 Å². The van der Waals surface area contributed by atoms with Crippen molar-refractivity contribution >= 4 is 0 Å². The fourth-order valence-electron chi connectivity index (χ4n) is 2.71. The van der Waals surface area contributed by atoms with Crippen LogP contribution in [0.1, 0.15) is 29.5 Å². The van der Waals surface area contributed by atoms with E-state index in [9.17, 15) is 0 Å². The first-order valence-electron chi connectivity index (χ1n) is 5.79. The van der Waals surface area contributed by atoms with Gasteiger partial charge in [0.15, 0.2) is 0 Å². The molecule has 1 atom stereocenters. The average molecular weight is 204 g/mol. The average Bonchev–Trinajstić information content (AvgIpc) is 2.72. The molecule has 1 heterocycles. The van der Waals surface area contributed by atoms with Gasteiger partial charge in [0.1, 0.15) is 11.9 Å². The molecule has 1 aromatic rings. The lowest BCUT2D eigenvalue weighted by atomic mass is 9.89. The van der Waals surface area contributed by atoms with Crippen LogP contribution in [-0.2, 0) is 19.3 Å². The molecule has 0 amide bonds. The Balaban J connectivity index is 2.02. The van der Waals surface area contributed by atoms with Crippen molar-refractivity contribution in [3.63, 3.8) is 0 Å². The van der Waals surface area contributed by atoms with Crippen LogP contribution in [0.5, 0.6) is 5.75 Å². The topological polar surface area (TPSA) is 29.5 Å². The molecule has 2 nitrogen and oxygen atoms in total. The SMILES string of the molecule is OC[C@@H]1Cc2ccc3c(c2O1)CCCC3. The van der Waals surface area contributed by atoms with Gasteiger partial charge >= 0.3 is 0 Å². The van der Waals surface area contributed by atoms with E-state index in [4.69, 9.17) is 9.84 Å². The van der Waals surface area contributed by atoms with Gasteiger partial charge in [-0.15, -0.1) is 0 Å². The minimum absolute atomic E-state index is 0.00609. The predicted molar refractivity (Wildman–Crippen MR) is 58.3 cm³/mol. The summed E-state index contributed by atoms with van der Waals surface area (Å²) in [6.45, 7) is 0.128. The standard InChI is InChI=1S/C13H16O2/c14-8-11-7-10-6-5-9-3-1-2-4-12(9)13(10)15-11/h5-6,11,14H,1-4,7-8H2/t11-/m0/s1. The highest BCUT2D eigenvalue weighted by molar-refractivity contribution is 5.50. The Morgan fingerprint density at radius 3 is 2.87 bits per heavy atom. The van der Waals surface area contributed by atoms with E-state index in [0.717, 1.165) is 18.6 Å². The minimum atomic E-state index is -0.00609. The third-order valence-corrected chi connectivity index (χ3v) is 3.50. The zero-order chi connectivity index (χ0) is 10.3. The monoisotopic (exact) mass is 204 g/mol. The third kappa shape index (κ3) is 1.44. The summed E-state index contributed by atoms with van der Waals surface area (Å²) in [4.78, 5) is 0. The Bertz CT molecular complexity index is 384.